The number of rotatable bonds is 7. The molecular formula is C21H23N3O6S. The number of anilines is 1. The topological polar surface area (TPSA) is 120 Å². The lowest BCUT2D eigenvalue weighted by atomic mass is 10.1. The third kappa shape index (κ3) is 4.80. The summed E-state index contributed by atoms with van der Waals surface area (Å²) in [5.74, 6) is -0.345. The van der Waals surface area contributed by atoms with Crippen molar-refractivity contribution < 1.29 is 27.1 Å². The van der Waals surface area contributed by atoms with Gasteiger partial charge in [-0.15, -0.1) is 0 Å². The Kier molecular flexibility index (Phi) is 6.10. The first-order valence-electron chi connectivity index (χ1n) is 10.0. The van der Waals surface area contributed by atoms with Crippen LogP contribution in [-0.4, -0.2) is 45.2 Å². The SMILES string of the molecule is CCOC(=O)c1cc2ccc(S(=O)(=O)Nc3cccnc3OC3CCNCC3)cc2o1. The molecule has 9 nitrogen and oxygen atoms in total. The van der Waals surface area contributed by atoms with E-state index in [2.05, 4.69) is 15.0 Å². The molecule has 0 amide bonds. The first kappa shape index (κ1) is 21.1. The van der Waals surface area contributed by atoms with Gasteiger partial charge in [-0.2, -0.15) is 0 Å². The van der Waals surface area contributed by atoms with E-state index in [1.54, 1.807) is 31.3 Å². The summed E-state index contributed by atoms with van der Waals surface area (Å²) in [7, 11) is -3.95. The maximum Gasteiger partial charge on any atom is 0.374 e. The molecule has 1 fully saturated rings. The number of sulfonamides is 1. The summed E-state index contributed by atoms with van der Waals surface area (Å²) in [5, 5.41) is 3.85. The van der Waals surface area contributed by atoms with Crippen LogP contribution in [0, 0.1) is 0 Å². The zero-order valence-electron chi connectivity index (χ0n) is 17.0. The Bertz CT molecular complexity index is 1180. The average Bonchev–Trinajstić information content (AvgIpc) is 3.20. The molecule has 0 aliphatic carbocycles. The fourth-order valence-corrected chi connectivity index (χ4v) is 4.39. The minimum Gasteiger partial charge on any atom is -0.473 e. The molecule has 1 aromatic carbocycles. The van der Waals surface area contributed by atoms with Gasteiger partial charge in [0.25, 0.3) is 10.0 Å². The quantitative estimate of drug-likeness (QED) is 0.533. The Morgan fingerprint density at radius 1 is 1.26 bits per heavy atom. The van der Waals surface area contributed by atoms with Crippen molar-refractivity contribution in [3.05, 3.63) is 48.4 Å². The number of nitrogens with zero attached hydrogens (tertiary/aromatic N) is 1. The van der Waals surface area contributed by atoms with E-state index < -0.39 is 16.0 Å². The highest BCUT2D eigenvalue weighted by Gasteiger charge is 2.22. The number of hydrogen-bond acceptors (Lipinski definition) is 8. The number of esters is 1. The molecule has 3 aromatic rings. The number of hydrogen-bond donors (Lipinski definition) is 2. The highest BCUT2D eigenvalue weighted by atomic mass is 32.2. The molecule has 164 valence electrons. The second kappa shape index (κ2) is 8.94. The number of ether oxygens (including phenoxy) is 2. The van der Waals surface area contributed by atoms with Gasteiger partial charge in [0.05, 0.1) is 11.5 Å². The van der Waals surface area contributed by atoms with Gasteiger partial charge in [-0.05, 0) is 63.2 Å². The maximum atomic E-state index is 13.0. The summed E-state index contributed by atoms with van der Waals surface area (Å²) < 4.78 is 44.9. The van der Waals surface area contributed by atoms with Crippen LogP contribution in [-0.2, 0) is 14.8 Å². The van der Waals surface area contributed by atoms with Crippen LogP contribution in [0.25, 0.3) is 11.0 Å². The highest BCUT2D eigenvalue weighted by molar-refractivity contribution is 7.92. The zero-order chi connectivity index (χ0) is 21.8. The van der Waals surface area contributed by atoms with E-state index in [4.69, 9.17) is 13.9 Å². The van der Waals surface area contributed by atoms with Gasteiger partial charge in [0.15, 0.2) is 0 Å². The van der Waals surface area contributed by atoms with Crippen molar-refractivity contribution in [3.8, 4) is 5.88 Å². The first-order valence-corrected chi connectivity index (χ1v) is 11.5. The molecule has 1 aliphatic rings. The number of fused-ring (bicyclic) bond motifs is 1. The summed E-state index contributed by atoms with van der Waals surface area (Å²) in [5.41, 5.74) is 0.524. The third-order valence-electron chi connectivity index (χ3n) is 4.86. The van der Waals surface area contributed by atoms with Gasteiger partial charge in [-0.3, -0.25) is 4.72 Å². The molecule has 4 rings (SSSR count). The Labute approximate surface area is 179 Å². The van der Waals surface area contributed by atoms with Gasteiger partial charge in [-0.25, -0.2) is 18.2 Å². The lowest BCUT2D eigenvalue weighted by Gasteiger charge is -2.24. The van der Waals surface area contributed by atoms with E-state index in [0.29, 0.717) is 5.39 Å². The lowest BCUT2D eigenvalue weighted by molar-refractivity contribution is 0.0492. The van der Waals surface area contributed by atoms with Gasteiger partial charge in [0.2, 0.25) is 11.6 Å². The van der Waals surface area contributed by atoms with E-state index >= 15 is 0 Å². The second-order valence-electron chi connectivity index (χ2n) is 7.06. The second-order valence-corrected chi connectivity index (χ2v) is 8.74. The number of benzene rings is 1. The molecule has 10 heteroatoms. The monoisotopic (exact) mass is 445 g/mol. The standard InChI is InChI=1S/C21H23N3O6S/c1-2-28-21(25)19-12-14-5-6-16(13-18(14)30-19)31(26,27)24-17-4-3-9-23-20(17)29-15-7-10-22-11-8-15/h3-6,9,12-13,15,22,24H,2,7-8,10-11H2,1H3. The summed E-state index contributed by atoms with van der Waals surface area (Å²) in [6, 6.07) is 9.14. The number of pyridine rings is 1. The Morgan fingerprint density at radius 3 is 2.84 bits per heavy atom. The Hall–Kier alpha value is -3.11. The van der Waals surface area contributed by atoms with Crippen LogP contribution in [0.4, 0.5) is 5.69 Å². The molecule has 0 saturated carbocycles. The van der Waals surface area contributed by atoms with Crippen molar-refractivity contribution in [2.75, 3.05) is 24.4 Å². The fraction of sp³-hybridized carbons (Fsp3) is 0.333. The lowest BCUT2D eigenvalue weighted by Crippen LogP contribution is -2.34. The molecule has 0 atom stereocenters. The van der Waals surface area contributed by atoms with Gasteiger partial charge in [0.1, 0.15) is 17.4 Å². The molecule has 31 heavy (non-hydrogen) atoms. The number of carbonyl (C=O) groups excluding carboxylic acids is 1. The number of furan rings is 1. The van der Waals surface area contributed by atoms with Gasteiger partial charge in [-0.1, -0.05) is 0 Å². The van der Waals surface area contributed by atoms with Crippen molar-refractivity contribution in [2.45, 2.75) is 30.8 Å². The van der Waals surface area contributed by atoms with Gasteiger partial charge in [0, 0.05) is 17.6 Å². The molecule has 0 spiro atoms. The van der Waals surface area contributed by atoms with Crippen LogP contribution < -0.4 is 14.8 Å². The third-order valence-corrected chi connectivity index (χ3v) is 6.22. The summed E-state index contributed by atoms with van der Waals surface area (Å²) in [6.07, 6.45) is 3.17. The molecule has 2 N–H and O–H groups in total. The van der Waals surface area contributed by atoms with Crippen LogP contribution in [0.15, 0.2) is 51.9 Å². The van der Waals surface area contributed by atoms with Crippen molar-refractivity contribution in [2.24, 2.45) is 0 Å². The summed E-state index contributed by atoms with van der Waals surface area (Å²) in [4.78, 5) is 16.1. The van der Waals surface area contributed by atoms with Gasteiger partial charge < -0.3 is 19.2 Å². The number of aromatic nitrogens is 1. The molecule has 0 bridgehead atoms. The van der Waals surface area contributed by atoms with Crippen LogP contribution in [0.5, 0.6) is 5.88 Å². The van der Waals surface area contributed by atoms with E-state index in [1.807, 2.05) is 0 Å². The summed E-state index contributed by atoms with van der Waals surface area (Å²) in [6.45, 7) is 3.59. The van der Waals surface area contributed by atoms with E-state index in [-0.39, 0.29) is 40.5 Å². The van der Waals surface area contributed by atoms with Crippen molar-refractivity contribution in [1.82, 2.24) is 10.3 Å². The molecule has 3 heterocycles. The van der Waals surface area contributed by atoms with Crippen molar-refractivity contribution in [1.29, 1.82) is 0 Å². The number of nitrogens with one attached hydrogen (secondary N) is 2. The molecule has 1 aliphatic heterocycles. The Balaban J connectivity index is 1.57. The normalized spacial score (nSPS) is 15.0. The predicted octanol–water partition coefficient (Wildman–Crippen LogP) is 2.94. The highest BCUT2D eigenvalue weighted by Crippen LogP contribution is 2.28. The van der Waals surface area contributed by atoms with E-state index in [0.717, 1.165) is 25.9 Å². The van der Waals surface area contributed by atoms with Crippen LogP contribution in [0.3, 0.4) is 0 Å². The predicted molar refractivity (Wildman–Crippen MR) is 114 cm³/mol. The van der Waals surface area contributed by atoms with Crippen LogP contribution in [0.2, 0.25) is 0 Å². The molecule has 0 radical (unpaired) electrons. The first-order chi connectivity index (χ1) is 15.0. The maximum absolute atomic E-state index is 13.0. The number of piperidine rings is 1. The van der Waals surface area contributed by atoms with Crippen LogP contribution in [0.1, 0.15) is 30.3 Å². The average molecular weight is 445 g/mol. The van der Waals surface area contributed by atoms with Gasteiger partial charge >= 0.3 is 5.97 Å². The number of carbonyl (C=O) groups is 1. The fourth-order valence-electron chi connectivity index (χ4n) is 3.32. The molecule has 2 aromatic heterocycles. The smallest absolute Gasteiger partial charge is 0.374 e. The molecule has 0 unspecified atom stereocenters. The molecular weight excluding hydrogens is 422 g/mol. The molecule has 1 saturated heterocycles. The van der Waals surface area contributed by atoms with E-state index in [9.17, 15) is 13.2 Å². The van der Waals surface area contributed by atoms with Crippen molar-refractivity contribution >= 4 is 32.6 Å². The van der Waals surface area contributed by atoms with Crippen molar-refractivity contribution in [3.63, 3.8) is 0 Å². The Morgan fingerprint density at radius 2 is 2.06 bits per heavy atom. The zero-order valence-corrected chi connectivity index (χ0v) is 17.8. The van der Waals surface area contributed by atoms with E-state index in [1.165, 1.54) is 18.2 Å². The largest absolute Gasteiger partial charge is 0.473 e. The summed E-state index contributed by atoms with van der Waals surface area (Å²) >= 11 is 0. The minimum atomic E-state index is -3.95. The van der Waals surface area contributed by atoms with Crippen LogP contribution >= 0.6 is 0 Å². The minimum absolute atomic E-state index is 0.0126.